The molecule has 0 aromatic carbocycles. The molecule has 12 N–H and O–H groups in total. The van der Waals surface area contributed by atoms with Crippen molar-refractivity contribution in [3.05, 3.63) is 16.0 Å². The number of aliphatic hydroxyl groups excluding tert-OH is 2. The second kappa shape index (κ2) is 12.8. The van der Waals surface area contributed by atoms with Crippen LogP contribution in [0.1, 0.15) is 18.8 Å². The van der Waals surface area contributed by atoms with Crippen LogP contribution in [0, 0.1) is 11.3 Å². The lowest BCUT2D eigenvalue weighted by Gasteiger charge is -2.15. The zero-order chi connectivity index (χ0) is 28.8. The number of fused-ring (bicyclic) bond motifs is 1. The average Bonchev–Trinajstić information content (AvgIpc) is 3.10. The van der Waals surface area contributed by atoms with E-state index in [9.17, 15) is 20.2 Å². The van der Waals surface area contributed by atoms with Gasteiger partial charge in [0.25, 0.3) is 0 Å². The lowest BCUT2D eigenvalue weighted by Crippen LogP contribution is -2.36. The molecule has 26 heteroatoms. The molecule has 3 heterocycles. The summed E-state index contributed by atoms with van der Waals surface area (Å²) in [6.07, 6.45) is -4.52. The minimum absolute atomic E-state index is 0.165. The monoisotopic (exact) mass is 588 g/mol. The Labute approximate surface area is 197 Å². The van der Waals surface area contributed by atoms with E-state index in [0.29, 0.717) is 4.68 Å². The Morgan fingerprint density at radius 3 is 1.67 bits per heavy atom. The van der Waals surface area contributed by atoms with Crippen molar-refractivity contribution in [2.24, 2.45) is 0 Å². The molecular formula is C10H19N6O17P3. The van der Waals surface area contributed by atoms with Gasteiger partial charge in [0.15, 0.2) is 23.0 Å². The maximum atomic E-state index is 12.3. The minimum atomic E-state index is -4.64. The Balaban J connectivity index is 0.000000672. The lowest BCUT2D eigenvalue weighted by molar-refractivity contribution is -0.0441. The van der Waals surface area contributed by atoms with Gasteiger partial charge in [-0.2, -0.15) is 9.94 Å². The highest BCUT2D eigenvalue weighted by Crippen LogP contribution is 2.28. The summed E-state index contributed by atoms with van der Waals surface area (Å²) < 4.78 is 32.6. The number of rotatable bonds is 1. The smallest absolute Gasteiger partial charge is 0.411 e. The summed E-state index contributed by atoms with van der Waals surface area (Å²) in [5.41, 5.74) is -1.65. The predicted octanol–water partition coefficient (Wildman–Crippen LogP) is -5.05. The first-order valence-corrected chi connectivity index (χ1v) is 13.0. The van der Waals surface area contributed by atoms with Gasteiger partial charge in [-0.1, -0.05) is 10.1 Å². The van der Waals surface area contributed by atoms with Gasteiger partial charge in [0.1, 0.15) is 18.3 Å². The Bertz CT molecular complexity index is 1200. The van der Waals surface area contributed by atoms with E-state index < -0.39 is 53.6 Å². The van der Waals surface area contributed by atoms with Gasteiger partial charge in [0.2, 0.25) is 0 Å². The molecule has 1 saturated heterocycles. The summed E-state index contributed by atoms with van der Waals surface area (Å²) in [5, 5.41) is 48.5. The maximum Gasteiger partial charge on any atom is 0.466 e. The summed E-state index contributed by atoms with van der Waals surface area (Å²) >= 11 is 0. The van der Waals surface area contributed by atoms with Crippen molar-refractivity contribution in [2.75, 3.05) is 0 Å². The van der Waals surface area contributed by atoms with Gasteiger partial charge in [-0.25, -0.2) is 13.7 Å². The van der Waals surface area contributed by atoms with Crippen LogP contribution in [0.5, 0.6) is 0 Å². The Hall–Kier alpha value is -2.22. The molecule has 2 aromatic heterocycles. The van der Waals surface area contributed by atoms with Crippen molar-refractivity contribution in [1.82, 2.24) is 24.9 Å². The first-order chi connectivity index (χ1) is 16.0. The number of aromatic nitrogens is 5. The average molecular weight is 588 g/mol. The van der Waals surface area contributed by atoms with Gasteiger partial charge in [-0.15, -0.1) is 10.2 Å². The quantitative estimate of drug-likeness (QED) is 0.109. The second-order valence-corrected chi connectivity index (χ2v) is 9.22. The molecule has 1 fully saturated rings. The Kier molecular flexibility index (Phi) is 12.0. The van der Waals surface area contributed by atoms with Crippen LogP contribution in [-0.4, -0.2) is 103 Å². The number of ether oxygens (including phenoxy) is 1. The van der Waals surface area contributed by atoms with Crippen LogP contribution in [0.15, 0.2) is 4.79 Å². The van der Waals surface area contributed by atoms with E-state index >= 15 is 0 Å². The molecule has 0 aliphatic carbocycles. The highest BCUT2D eigenvalue weighted by molar-refractivity contribution is 7.45. The van der Waals surface area contributed by atoms with E-state index in [1.807, 2.05) is 0 Å². The van der Waals surface area contributed by atoms with Crippen LogP contribution in [0.4, 0.5) is 0 Å². The summed E-state index contributed by atoms with van der Waals surface area (Å²) in [6, 6.07) is 1.67. The standard InChI is InChI=1S/C10H10N6O5.3H3O4P/c1-3-7(17)8(18)10(21-3)15-9(19)6-5(12-14-15)4(2-11)13-16(6)20;3*1-5(2,3)4/h3,7-8,10,17-18,20H,1H3;3*(H3,1,2,3,4). The van der Waals surface area contributed by atoms with Crippen molar-refractivity contribution in [3.8, 4) is 6.07 Å². The van der Waals surface area contributed by atoms with Crippen molar-refractivity contribution in [2.45, 2.75) is 31.5 Å². The fraction of sp³-hybridized carbons (Fsp3) is 0.500. The number of phosphoric acid groups is 3. The molecule has 4 atom stereocenters. The largest absolute Gasteiger partial charge is 0.466 e. The van der Waals surface area contributed by atoms with E-state index in [1.165, 1.54) is 6.92 Å². The first kappa shape index (κ1) is 33.8. The van der Waals surface area contributed by atoms with Gasteiger partial charge < -0.3 is 64.2 Å². The summed E-state index contributed by atoms with van der Waals surface area (Å²) in [4.78, 5) is 77.2. The highest BCUT2D eigenvalue weighted by Gasteiger charge is 2.43. The number of hydrogen-bond donors (Lipinski definition) is 12. The number of hydrogen-bond acceptors (Lipinski definition) is 12. The molecule has 0 saturated carbocycles. The zero-order valence-corrected chi connectivity index (χ0v) is 19.9. The molecule has 23 nitrogen and oxygen atoms in total. The van der Waals surface area contributed by atoms with Crippen molar-refractivity contribution in [3.63, 3.8) is 0 Å². The molecular weight excluding hydrogens is 569 g/mol. The predicted molar refractivity (Wildman–Crippen MR) is 106 cm³/mol. The molecule has 3 rings (SSSR count). The van der Waals surface area contributed by atoms with E-state index in [2.05, 4.69) is 15.4 Å². The van der Waals surface area contributed by atoms with Crippen LogP contribution < -0.4 is 5.56 Å². The lowest BCUT2D eigenvalue weighted by atomic mass is 10.1. The Morgan fingerprint density at radius 1 is 0.917 bits per heavy atom. The first-order valence-electron chi connectivity index (χ1n) is 8.29. The molecule has 206 valence electrons. The van der Waals surface area contributed by atoms with Gasteiger partial charge >= 0.3 is 29.0 Å². The summed E-state index contributed by atoms with van der Waals surface area (Å²) in [5.74, 6) is 0. The SMILES string of the molecule is CC1OC(n2nnc3c(C#N)nn(O)c3c2=O)C(O)C1O.O=P(O)(O)O.O=P(O)(O)O.O=P(O)(O)O. The van der Waals surface area contributed by atoms with Crippen LogP contribution in [0.25, 0.3) is 11.0 Å². The topological polar surface area (TPSA) is 393 Å². The highest BCUT2D eigenvalue weighted by atomic mass is 31.2. The van der Waals surface area contributed by atoms with Crippen LogP contribution in [0.3, 0.4) is 0 Å². The van der Waals surface area contributed by atoms with Gasteiger partial charge in [0, 0.05) is 0 Å². The van der Waals surface area contributed by atoms with E-state index in [-0.39, 0.29) is 21.6 Å². The van der Waals surface area contributed by atoms with Gasteiger partial charge in [0.05, 0.1) is 6.10 Å². The number of nitriles is 1. The summed E-state index contributed by atoms with van der Waals surface area (Å²) in [6.45, 7) is 1.52. The van der Waals surface area contributed by atoms with E-state index in [0.717, 1.165) is 0 Å². The third-order valence-electron chi connectivity index (χ3n) is 3.32. The maximum absolute atomic E-state index is 12.3. The van der Waals surface area contributed by atoms with E-state index in [4.69, 9.17) is 67.7 Å². The second-order valence-electron chi connectivity index (χ2n) is 6.14. The molecule has 0 bridgehead atoms. The molecule has 4 unspecified atom stereocenters. The number of nitrogens with zero attached hydrogens (tertiary/aromatic N) is 6. The summed E-state index contributed by atoms with van der Waals surface area (Å²) in [7, 11) is -13.9. The molecule has 0 amide bonds. The minimum Gasteiger partial charge on any atom is -0.411 e. The fourth-order valence-corrected chi connectivity index (χ4v) is 2.19. The van der Waals surface area contributed by atoms with Gasteiger partial charge in [-0.3, -0.25) is 4.79 Å². The number of aliphatic hydroxyl groups is 2. The van der Waals surface area contributed by atoms with Crippen LogP contribution >= 0.6 is 23.5 Å². The van der Waals surface area contributed by atoms with Gasteiger partial charge in [-0.05, 0) is 6.92 Å². The van der Waals surface area contributed by atoms with Crippen molar-refractivity contribution < 1.29 is 77.9 Å². The molecule has 0 radical (unpaired) electrons. The molecule has 36 heavy (non-hydrogen) atoms. The third-order valence-corrected chi connectivity index (χ3v) is 3.32. The van der Waals surface area contributed by atoms with E-state index in [1.54, 1.807) is 6.07 Å². The van der Waals surface area contributed by atoms with Crippen LogP contribution in [0.2, 0.25) is 0 Å². The van der Waals surface area contributed by atoms with Crippen molar-refractivity contribution >= 4 is 34.5 Å². The van der Waals surface area contributed by atoms with Crippen molar-refractivity contribution in [1.29, 1.82) is 5.26 Å². The zero-order valence-electron chi connectivity index (χ0n) is 17.2. The molecule has 1 aliphatic heterocycles. The normalized spacial score (nSPS) is 21.8. The Morgan fingerprint density at radius 2 is 1.33 bits per heavy atom. The van der Waals surface area contributed by atoms with Crippen LogP contribution in [-0.2, 0) is 18.4 Å². The molecule has 0 spiro atoms. The molecule has 1 aliphatic rings. The third kappa shape index (κ3) is 12.7. The fourth-order valence-electron chi connectivity index (χ4n) is 2.19. The molecule has 2 aromatic rings.